The van der Waals surface area contributed by atoms with E-state index in [0.717, 1.165) is 6.42 Å². The van der Waals surface area contributed by atoms with Crippen molar-refractivity contribution in [2.75, 3.05) is 0 Å². The van der Waals surface area contributed by atoms with Gasteiger partial charge in [0.1, 0.15) is 0 Å². The fourth-order valence-electron chi connectivity index (χ4n) is 1.56. The second-order valence-electron chi connectivity index (χ2n) is 5.13. The predicted octanol–water partition coefficient (Wildman–Crippen LogP) is 3.76. The Kier molecular flexibility index (Phi) is 13.7. The Bertz CT molecular complexity index is 263. The molecule has 0 saturated heterocycles. The Morgan fingerprint density at radius 2 is 1.82 bits per heavy atom. The smallest absolute Gasteiger partial charge is 0.183 e. The van der Waals surface area contributed by atoms with Crippen LogP contribution < -0.4 is 0 Å². The minimum atomic E-state index is -1.41. The van der Waals surface area contributed by atoms with Gasteiger partial charge in [0, 0.05) is 27.4 Å². The van der Waals surface area contributed by atoms with Crippen LogP contribution in [0.1, 0.15) is 6.42 Å². The number of hydrogen-bond acceptors (Lipinski definition) is 1. The first kappa shape index (κ1) is 23.3. The Morgan fingerprint density at radius 3 is 2.12 bits per heavy atom. The number of hydrogen-bond donors (Lipinski definition) is 0. The summed E-state index contributed by atoms with van der Waals surface area (Å²) >= 11 is 0. The van der Waals surface area contributed by atoms with E-state index >= 15 is 0 Å². The minimum Gasteiger partial charge on any atom is -0.417 e. The normalized spacial score (nSPS) is 15.5. The van der Waals surface area contributed by atoms with Crippen LogP contribution >= 0.6 is 24.8 Å². The van der Waals surface area contributed by atoms with Gasteiger partial charge in [-0.2, -0.15) is 11.6 Å². The van der Waals surface area contributed by atoms with Crippen LogP contribution in [0, 0.1) is 6.08 Å². The van der Waals surface area contributed by atoms with Crippen molar-refractivity contribution in [3.05, 3.63) is 23.8 Å². The molecule has 1 atom stereocenters. The summed E-state index contributed by atoms with van der Waals surface area (Å²) in [5, 5.41) is 0. The van der Waals surface area contributed by atoms with Crippen molar-refractivity contribution in [2.45, 2.75) is 44.9 Å². The second kappa shape index (κ2) is 10.0. The van der Waals surface area contributed by atoms with Gasteiger partial charge < -0.3 is 4.43 Å². The molecule has 0 saturated carbocycles. The van der Waals surface area contributed by atoms with Crippen molar-refractivity contribution in [2.24, 2.45) is 0 Å². The van der Waals surface area contributed by atoms with Crippen LogP contribution in [0.3, 0.4) is 0 Å². The maximum absolute atomic E-state index is 6.23. The fourth-order valence-corrected chi connectivity index (χ4v) is 5.71. The Balaban J connectivity index is -0.000000653. The SMILES string of the molecule is C[SiH](C)C(O[Si](C)(C)C)C1=[C-]CC=C1.Cl.Cl.[Ti]. The van der Waals surface area contributed by atoms with E-state index < -0.39 is 17.1 Å². The third kappa shape index (κ3) is 8.81. The summed E-state index contributed by atoms with van der Waals surface area (Å²) in [4.78, 5) is 0. The van der Waals surface area contributed by atoms with Gasteiger partial charge >= 0.3 is 0 Å². The van der Waals surface area contributed by atoms with E-state index in [1.165, 1.54) is 5.57 Å². The van der Waals surface area contributed by atoms with Gasteiger partial charge in [0.25, 0.3) is 0 Å². The van der Waals surface area contributed by atoms with Crippen molar-refractivity contribution in [1.29, 1.82) is 0 Å². The van der Waals surface area contributed by atoms with Gasteiger partial charge in [0.2, 0.25) is 0 Å². The van der Waals surface area contributed by atoms with Gasteiger partial charge in [-0.05, 0) is 19.6 Å². The predicted molar refractivity (Wildman–Crippen MR) is 82.1 cm³/mol. The van der Waals surface area contributed by atoms with Crippen LogP contribution in [0.4, 0.5) is 0 Å². The molecule has 0 aromatic rings. The molecular weight excluding hydrogens is 323 g/mol. The second-order valence-corrected chi connectivity index (χ2v) is 12.7. The van der Waals surface area contributed by atoms with E-state index in [-0.39, 0.29) is 46.5 Å². The molecule has 1 aliphatic carbocycles. The van der Waals surface area contributed by atoms with E-state index in [1.807, 2.05) is 0 Å². The summed E-state index contributed by atoms with van der Waals surface area (Å²) in [7, 11) is -2.19. The Hall–Kier alpha value is 1.17. The average Bonchev–Trinajstić information content (AvgIpc) is 2.49. The van der Waals surface area contributed by atoms with Crippen molar-refractivity contribution in [1.82, 2.24) is 0 Å². The number of allylic oxidation sites excluding steroid dienone is 2. The minimum absolute atomic E-state index is 0. The van der Waals surface area contributed by atoms with Crippen LogP contribution in [0.5, 0.6) is 0 Å². The van der Waals surface area contributed by atoms with E-state index in [0.29, 0.717) is 5.73 Å². The van der Waals surface area contributed by atoms with Gasteiger partial charge in [0.15, 0.2) is 8.32 Å². The van der Waals surface area contributed by atoms with E-state index in [1.54, 1.807) is 0 Å². The maximum atomic E-state index is 6.23. The van der Waals surface area contributed by atoms with E-state index in [4.69, 9.17) is 4.43 Å². The molecule has 0 amide bonds. The molecule has 0 N–H and O–H groups in total. The molecule has 17 heavy (non-hydrogen) atoms. The third-order valence-electron chi connectivity index (χ3n) is 2.11. The van der Waals surface area contributed by atoms with Gasteiger partial charge in [0.05, 0.1) is 8.80 Å². The molecule has 1 rings (SSSR count). The van der Waals surface area contributed by atoms with Crippen molar-refractivity contribution in [3.8, 4) is 0 Å². The van der Waals surface area contributed by atoms with Crippen LogP contribution in [-0.2, 0) is 26.1 Å². The fraction of sp³-hybridized carbons (Fsp3) is 0.636. The largest absolute Gasteiger partial charge is 0.417 e. The standard InChI is InChI=1S/C11H21OSi2.2ClH.Ti/c1-13(2)11(12-14(3,4)5)10-8-6-7-9-10;;;/h6,8,11,13H,7H2,1-5H3;2*1H;/q-1;;;. The van der Waals surface area contributed by atoms with Crippen molar-refractivity contribution >= 4 is 41.9 Å². The molecule has 0 bridgehead atoms. The van der Waals surface area contributed by atoms with Crippen LogP contribution in [0.15, 0.2) is 17.7 Å². The number of halogens is 2. The van der Waals surface area contributed by atoms with Gasteiger partial charge in [-0.15, -0.1) is 31.2 Å². The summed E-state index contributed by atoms with van der Waals surface area (Å²) in [6.45, 7) is 11.5. The molecular formula is C11H23Cl2OSi2Ti-. The topological polar surface area (TPSA) is 9.23 Å². The van der Waals surface area contributed by atoms with Crippen LogP contribution in [0.25, 0.3) is 0 Å². The van der Waals surface area contributed by atoms with E-state index in [2.05, 4.69) is 51.0 Å². The van der Waals surface area contributed by atoms with Crippen molar-refractivity contribution in [3.63, 3.8) is 0 Å². The van der Waals surface area contributed by atoms with Gasteiger partial charge in [-0.3, -0.25) is 6.08 Å². The summed E-state index contributed by atoms with van der Waals surface area (Å²) in [6, 6.07) is 0. The van der Waals surface area contributed by atoms with Gasteiger partial charge in [-0.1, -0.05) is 13.1 Å². The first-order valence-electron chi connectivity index (χ1n) is 5.35. The molecule has 0 spiro atoms. The molecule has 0 aromatic carbocycles. The third-order valence-corrected chi connectivity index (χ3v) is 5.05. The number of rotatable bonds is 4. The Morgan fingerprint density at radius 1 is 1.29 bits per heavy atom. The monoisotopic (exact) mass is 345 g/mol. The zero-order valence-electron chi connectivity index (χ0n) is 11.2. The molecule has 6 heteroatoms. The van der Waals surface area contributed by atoms with Gasteiger partial charge in [-0.25, -0.2) is 6.08 Å². The van der Waals surface area contributed by atoms with Crippen LogP contribution in [-0.4, -0.2) is 22.8 Å². The molecule has 1 nitrogen and oxygen atoms in total. The summed E-state index contributed by atoms with van der Waals surface area (Å²) in [5.74, 6) is 0. The summed E-state index contributed by atoms with van der Waals surface area (Å²) < 4.78 is 6.23. The summed E-state index contributed by atoms with van der Waals surface area (Å²) in [6.07, 6.45) is 8.74. The molecule has 0 aliphatic heterocycles. The zero-order valence-corrected chi connectivity index (χ0v) is 16.6. The molecule has 0 aromatic heterocycles. The average molecular weight is 346 g/mol. The zero-order chi connectivity index (χ0) is 10.8. The molecule has 1 unspecified atom stereocenters. The first-order valence-corrected chi connectivity index (χ1v) is 11.7. The molecule has 0 heterocycles. The molecule has 0 fully saturated rings. The molecule has 1 aliphatic rings. The van der Waals surface area contributed by atoms with Crippen LogP contribution in [0.2, 0.25) is 32.7 Å². The summed E-state index contributed by atoms with van der Waals surface area (Å²) in [5.41, 5.74) is 1.70. The maximum Gasteiger partial charge on any atom is 0.183 e. The van der Waals surface area contributed by atoms with E-state index in [9.17, 15) is 0 Å². The Labute approximate surface area is 136 Å². The van der Waals surface area contributed by atoms with Crippen molar-refractivity contribution < 1.29 is 26.1 Å². The molecule has 0 radical (unpaired) electrons. The quantitative estimate of drug-likeness (QED) is 0.556. The first-order chi connectivity index (χ1) is 6.40. The molecule has 100 valence electrons.